The molecule has 0 fully saturated rings. The highest BCUT2D eigenvalue weighted by molar-refractivity contribution is 5.83. The summed E-state index contributed by atoms with van der Waals surface area (Å²) in [6, 6.07) is -1.59. The standard InChI is InChI=1S/C12H23N3O5/c1-14(2)7-8-15(3)12(19)13-9(11(17)18)5-6-10(16)20-4/h9H,5-8H2,1-4H3,(H,13,19)(H,17,18)/t9-/m1/s1. The predicted molar refractivity (Wildman–Crippen MR) is 72.4 cm³/mol. The fourth-order valence-electron chi connectivity index (χ4n) is 1.33. The Morgan fingerprint density at radius 3 is 2.25 bits per heavy atom. The summed E-state index contributed by atoms with van der Waals surface area (Å²) in [5.41, 5.74) is 0. The lowest BCUT2D eigenvalue weighted by atomic mass is 10.1. The number of carbonyl (C=O) groups excluding carboxylic acids is 2. The van der Waals surface area contributed by atoms with Crippen molar-refractivity contribution in [2.24, 2.45) is 0 Å². The van der Waals surface area contributed by atoms with Gasteiger partial charge in [0.25, 0.3) is 0 Å². The lowest BCUT2D eigenvalue weighted by Crippen LogP contribution is -2.48. The van der Waals surface area contributed by atoms with Crippen LogP contribution in [-0.2, 0) is 14.3 Å². The number of methoxy groups -OCH3 is 1. The van der Waals surface area contributed by atoms with E-state index in [4.69, 9.17) is 5.11 Å². The molecule has 0 spiro atoms. The molecule has 0 radical (unpaired) electrons. The molecule has 8 nitrogen and oxygen atoms in total. The molecule has 0 aromatic rings. The van der Waals surface area contributed by atoms with Crippen LogP contribution in [0, 0.1) is 0 Å². The highest BCUT2D eigenvalue weighted by atomic mass is 16.5. The van der Waals surface area contributed by atoms with E-state index in [9.17, 15) is 14.4 Å². The number of hydrogen-bond donors (Lipinski definition) is 2. The molecule has 0 aliphatic rings. The topological polar surface area (TPSA) is 99.2 Å². The van der Waals surface area contributed by atoms with Crippen LogP contribution >= 0.6 is 0 Å². The first-order chi connectivity index (χ1) is 9.27. The number of likely N-dealkylation sites (N-methyl/N-ethyl adjacent to an activating group) is 2. The average molecular weight is 289 g/mol. The Kier molecular flexibility index (Phi) is 8.30. The van der Waals surface area contributed by atoms with E-state index in [-0.39, 0.29) is 12.8 Å². The van der Waals surface area contributed by atoms with Gasteiger partial charge in [-0.15, -0.1) is 0 Å². The number of esters is 1. The summed E-state index contributed by atoms with van der Waals surface area (Å²) in [5.74, 6) is -1.69. The van der Waals surface area contributed by atoms with Gasteiger partial charge in [0.05, 0.1) is 7.11 Å². The minimum atomic E-state index is -1.18. The molecule has 0 aromatic heterocycles. The van der Waals surface area contributed by atoms with Crippen LogP contribution in [0.4, 0.5) is 4.79 Å². The summed E-state index contributed by atoms with van der Waals surface area (Å²) < 4.78 is 4.44. The molecule has 2 amide bonds. The maximum atomic E-state index is 11.8. The fourth-order valence-corrected chi connectivity index (χ4v) is 1.33. The molecule has 0 bridgehead atoms. The van der Waals surface area contributed by atoms with Gasteiger partial charge in [-0.2, -0.15) is 0 Å². The van der Waals surface area contributed by atoms with Gasteiger partial charge in [-0.3, -0.25) is 4.79 Å². The molecule has 0 aliphatic carbocycles. The van der Waals surface area contributed by atoms with Gasteiger partial charge in [-0.05, 0) is 20.5 Å². The van der Waals surface area contributed by atoms with Crippen molar-refractivity contribution in [2.75, 3.05) is 41.3 Å². The molecule has 0 saturated heterocycles. The smallest absolute Gasteiger partial charge is 0.326 e. The highest BCUT2D eigenvalue weighted by Gasteiger charge is 2.22. The summed E-state index contributed by atoms with van der Waals surface area (Å²) in [5, 5.41) is 11.4. The maximum Gasteiger partial charge on any atom is 0.326 e. The summed E-state index contributed by atoms with van der Waals surface area (Å²) in [6.07, 6.45) is -0.0651. The molecule has 2 N–H and O–H groups in total. The van der Waals surface area contributed by atoms with Gasteiger partial charge < -0.3 is 25.0 Å². The summed E-state index contributed by atoms with van der Waals surface area (Å²) >= 11 is 0. The van der Waals surface area contributed by atoms with Crippen LogP contribution in [-0.4, -0.2) is 80.3 Å². The second-order valence-electron chi connectivity index (χ2n) is 4.68. The number of ether oxygens (including phenoxy) is 1. The summed E-state index contributed by atoms with van der Waals surface area (Å²) in [6.45, 7) is 1.14. The molecule has 116 valence electrons. The van der Waals surface area contributed by atoms with Crippen molar-refractivity contribution in [1.82, 2.24) is 15.1 Å². The van der Waals surface area contributed by atoms with Gasteiger partial charge in [0, 0.05) is 26.6 Å². The van der Waals surface area contributed by atoms with Crippen LogP contribution in [0.3, 0.4) is 0 Å². The number of aliphatic carboxylic acids is 1. The number of carbonyl (C=O) groups is 3. The zero-order valence-electron chi connectivity index (χ0n) is 12.4. The van der Waals surface area contributed by atoms with Crippen LogP contribution in [0.5, 0.6) is 0 Å². The van der Waals surface area contributed by atoms with Gasteiger partial charge in [0.1, 0.15) is 6.04 Å². The summed E-state index contributed by atoms with van der Waals surface area (Å²) in [4.78, 5) is 37.1. The number of carboxylic acid groups (broad SMARTS) is 1. The van der Waals surface area contributed by atoms with Gasteiger partial charge in [0.2, 0.25) is 0 Å². The zero-order valence-corrected chi connectivity index (χ0v) is 12.4. The molecular weight excluding hydrogens is 266 g/mol. The van der Waals surface area contributed by atoms with Crippen LogP contribution in [0.15, 0.2) is 0 Å². The van der Waals surface area contributed by atoms with Crippen molar-refractivity contribution in [3.63, 3.8) is 0 Å². The monoisotopic (exact) mass is 289 g/mol. The largest absolute Gasteiger partial charge is 0.480 e. The first kappa shape index (κ1) is 18.2. The number of amides is 2. The lowest BCUT2D eigenvalue weighted by Gasteiger charge is -2.22. The van der Waals surface area contributed by atoms with Crippen molar-refractivity contribution in [2.45, 2.75) is 18.9 Å². The molecular formula is C12H23N3O5. The zero-order chi connectivity index (χ0) is 15.7. The quantitative estimate of drug-likeness (QED) is 0.590. The van der Waals surface area contributed by atoms with Gasteiger partial charge in [-0.1, -0.05) is 0 Å². The van der Waals surface area contributed by atoms with Crippen LogP contribution in [0.1, 0.15) is 12.8 Å². The average Bonchev–Trinajstić information content (AvgIpc) is 2.39. The van der Waals surface area contributed by atoms with Crippen molar-refractivity contribution in [1.29, 1.82) is 0 Å². The Labute approximate surface area is 118 Å². The van der Waals surface area contributed by atoms with Crippen molar-refractivity contribution >= 4 is 18.0 Å². The molecule has 0 rings (SSSR count). The van der Waals surface area contributed by atoms with E-state index in [0.29, 0.717) is 13.1 Å². The Hall–Kier alpha value is -1.83. The number of hydrogen-bond acceptors (Lipinski definition) is 5. The number of nitrogens with zero attached hydrogens (tertiary/aromatic N) is 2. The Balaban J connectivity index is 4.32. The second kappa shape index (κ2) is 9.13. The van der Waals surface area contributed by atoms with Crippen molar-refractivity contribution < 1.29 is 24.2 Å². The van der Waals surface area contributed by atoms with E-state index < -0.39 is 24.0 Å². The molecule has 1 atom stereocenters. The molecule has 0 heterocycles. The first-order valence-electron chi connectivity index (χ1n) is 6.24. The number of carboxylic acids is 1. The van der Waals surface area contributed by atoms with E-state index >= 15 is 0 Å². The van der Waals surface area contributed by atoms with E-state index in [1.807, 2.05) is 19.0 Å². The number of urea groups is 1. The minimum Gasteiger partial charge on any atom is -0.480 e. The molecule has 0 unspecified atom stereocenters. The lowest BCUT2D eigenvalue weighted by molar-refractivity contribution is -0.142. The van der Waals surface area contributed by atoms with E-state index in [2.05, 4.69) is 10.1 Å². The third-order valence-electron chi connectivity index (χ3n) is 2.69. The minimum absolute atomic E-state index is 0.00470. The number of nitrogens with one attached hydrogen (secondary N) is 1. The normalized spacial score (nSPS) is 11.8. The Bertz CT molecular complexity index is 346. The highest BCUT2D eigenvalue weighted by Crippen LogP contribution is 2.01. The third kappa shape index (κ3) is 7.57. The molecule has 20 heavy (non-hydrogen) atoms. The van der Waals surface area contributed by atoms with E-state index in [1.54, 1.807) is 7.05 Å². The van der Waals surface area contributed by atoms with Gasteiger partial charge >= 0.3 is 18.0 Å². The first-order valence-corrected chi connectivity index (χ1v) is 6.24. The SMILES string of the molecule is COC(=O)CC[C@@H](NC(=O)N(C)CCN(C)C)C(=O)O. The number of rotatable bonds is 8. The molecule has 0 aliphatic heterocycles. The fraction of sp³-hybridized carbons (Fsp3) is 0.750. The Morgan fingerprint density at radius 2 is 1.80 bits per heavy atom. The maximum absolute atomic E-state index is 11.8. The summed E-state index contributed by atoms with van der Waals surface area (Å²) in [7, 11) is 6.56. The molecule has 0 aromatic carbocycles. The third-order valence-corrected chi connectivity index (χ3v) is 2.69. The van der Waals surface area contributed by atoms with Gasteiger partial charge in [0.15, 0.2) is 0 Å². The van der Waals surface area contributed by atoms with Crippen molar-refractivity contribution in [3.8, 4) is 0 Å². The van der Waals surface area contributed by atoms with Crippen LogP contribution in [0.25, 0.3) is 0 Å². The predicted octanol–water partition coefficient (Wildman–Crippen LogP) is -0.404. The van der Waals surface area contributed by atoms with Crippen LogP contribution < -0.4 is 5.32 Å². The molecule has 8 heteroatoms. The van der Waals surface area contributed by atoms with Crippen LogP contribution in [0.2, 0.25) is 0 Å². The Morgan fingerprint density at radius 1 is 1.20 bits per heavy atom. The molecule has 0 saturated carbocycles. The second-order valence-corrected chi connectivity index (χ2v) is 4.68. The van der Waals surface area contributed by atoms with Crippen molar-refractivity contribution in [3.05, 3.63) is 0 Å². The van der Waals surface area contributed by atoms with E-state index in [1.165, 1.54) is 12.0 Å². The van der Waals surface area contributed by atoms with Gasteiger partial charge in [-0.25, -0.2) is 9.59 Å². The van der Waals surface area contributed by atoms with E-state index in [0.717, 1.165) is 0 Å².